The number of benzene rings is 1. The molecule has 0 aliphatic carbocycles. The highest BCUT2D eigenvalue weighted by atomic mass is 16.5. The van der Waals surface area contributed by atoms with E-state index in [1.807, 2.05) is 6.07 Å². The summed E-state index contributed by atoms with van der Waals surface area (Å²) in [5, 5.41) is 11.7. The Labute approximate surface area is 144 Å². The Kier molecular flexibility index (Phi) is 5.11. The van der Waals surface area contributed by atoms with Gasteiger partial charge < -0.3 is 19.8 Å². The lowest BCUT2D eigenvalue weighted by molar-refractivity contribution is -0.0135. The van der Waals surface area contributed by atoms with Crippen LogP contribution >= 0.6 is 0 Å². The predicted molar refractivity (Wildman–Crippen MR) is 89.3 cm³/mol. The molecular formula is C18H17N3O4. The first kappa shape index (κ1) is 16.7. The summed E-state index contributed by atoms with van der Waals surface area (Å²) in [6.45, 7) is 0.833. The number of aromatic nitrogens is 1. The molecule has 7 nitrogen and oxygen atoms in total. The van der Waals surface area contributed by atoms with E-state index in [1.54, 1.807) is 30.3 Å². The maximum Gasteiger partial charge on any atom is 0.260 e. The third-order valence-corrected chi connectivity index (χ3v) is 3.95. The standard InChI is InChI=1S/C18H17N3O4/c19-10-12-3-5-13(6-4-12)25-16-11-24-9-7-15(16)21-18(23)14-2-1-8-20-17(14)22/h1-6,8,15-16H,7,9,11H2,(H,20,22)(H,21,23)/t15-,16-/m1/s1. The van der Waals surface area contributed by atoms with E-state index in [2.05, 4.69) is 10.3 Å². The minimum atomic E-state index is -0.442. The van der Waals surface area contributed by atoms with Crippen molar-refractivity contribution in [2.75, 3.05) is 13.2 Å². The highest BCUT2D eigenvalue weighted by molar-refractivity contribution is 5.93. The molecular weight excluding hydrogens is 322 g/mol. The molecule has 2 aromatic rings. The molecule has 2 atom stereocenters. The number of H-pyrrole nitrogens is 1. The number of carbonyl (C=O) groups excluding carboxylic acids is 1. The summed E-state index contributed by atoms with van der Waals surface area (Å²) < 4.78 is 11.3. The zero-order valence-electron chi connectivity index (χ0n) is 13.4. The average Bonchev–Trinajstić information content (AvgIpc) is 2.64. The number of nitrogens with one attached hydrogen (secondary N) is 2. The SMILES string of the molecule is N#Cc1ccc(O[C@@H]2COCC[C@H]2NC(=O)c2ccc[nH]c2=O)cc1. The number of carbonyl (C=O) groups is 1. The number of rotatable bonds is 4. The topological polar surface area (TPSA) is 104 Å². The number of nitrogens with zero attached hydrogens (tertiary/aromatic N) is 1. The van der Waals surface area contributed by atoms with Gasteiger partial charge in [-0.25, -0.2) is 0 Å². The Hall–Kier alpha value is -3.11. The fraction of sp³-hybridized carbons (Fsp3) is 0.278. The summed E-state index contributed by atoms with van der Waals surface area (Å²) in [5.74, 6) is 0.147. The summed E-state index contributed by atoms with van der Waals surface area (Å²) in [6.07, 6.45) is 1.68. The number of hydrogen-bond acceptors (Lipinski definition) is 5. The first-order valence-electron chi connectivity index (χ1n) is 7.90. The van der Waals surface area contributed by atoms with Crippen LogP contribution in [-0.2, 0) is 4.74 Å². The normalized spacial score (nSPS) is 19.6. The van der Waals surface area contributed by atoms with Gasteiger partial charge >= 0.3 is 0 Å². The van der Waals surface area contributed by atoms with Gasteiger partial charge in [-0.2, -0.15) is 5.26 Å². The summed E-state index contributed by atoms with van der Waals surface area (Å²) in [4.78, 5) is 26.6. The van der Waals surface area contributed by atoms with Crippen LogP contribution in [0.15, 0.2) is 47.4 Å². The molecule has 3 rings (SSSR count). The zero-order valence-corrected chi connectivity index (χ0v) is 13.4. The third-order valence-electron chi connectivity index (χ3n) is 3.95. The highest BCUT2D eigenvalue weighted by Gasteiger charge is 2.29. The van der Waals surface area contributed by atoms with Crippen LogP contribution in [0.1, 0.15) is 22.3 Å². The van der Waals surface area contributed by atoms with E-state index in [-0.39, 0.29) is 17.7 Å². The van der Waals surface area contributed by atoms with Gasteiger partial charge in [0.2, 0.25) is 0 Å². The molecule has 0 unspecified atom stereocenters. The Morgan fingerprint density at radius 2 is 2.12 bits per heavy atom. The van der Waals surface area contributed by atoms with E-state index in [0.29, 0.717) is 30.9 Å². The van der Waals surface area contributed by atoms with Gasteiger partial charge in [-0.15, -0.1) is 0 Å². The first-order chi connectivity index (χ1) is 12.2. The molecule has 1 aromatic carbocycles. The molecule has 2 heterocycles. The molecule has 128 valence electrons. The van der Waals surface area contributed by atoms with E-state index in [0.717, 1.165) is 0 Å². The van der Waals surface area contributed by atoms with Crippen molar-refractivity contribution in [3.63, 3.8) is 0 Å². The van der Waals surface area contributed by atoms with Gasteiger partial charge in [-0.05, 0) is 42.8 Å². The van der Waals surface area contributed by atoms with Crippen molar-refractivity contribution in [3.8, 4) is 11.8 Å². The lowest BCUT2D eigenvalue weighted by Crippen LogP contribution is -2.52. The van der Waals surface area contributed by atoms with Crippen molar-refractivity contribution in [1.29, 1.82) is 5.26 Å². The highest BCUT2D eigenvalue weighted by Crippen LogP contribution is 2.18. The fourth-order valence-corrected chi connectivity index (χ4v) is 2.62. The van der Waals surface area contributed by atoms with Gasteiger partial charge in [0.15, 0.2) is 0 Å². The van der Waals surface area contributed by atoms with Crippen LogP contribution in [0.5, 0.6) is 5.75 Å². The van der Waals surface area contributed by atoms with E-state index in [4.69, 9.17) is 14.7 Å². The van der Waals surface area contributed by atoms with Crippen molar-refractivity contribution in [2.24, 2.45) is 0 Å². The summed E-state index contributed by atoms with van der Waals surface area (Å²) in [7, 11) is 0. The van der Waals surface area contributed by atoms with Crippen LogP contribution in [-0.4, -0.2) is 36.3 Å². The third kappa shape index (κ3) is 4.05. The van der Waals surface area contributed by atoms with Crippen molar-refractivity contribution >= 4 is 5.91 Å². The van der Waals surface area contributed by atoms with Gasteiger partial charge in [0.25, 0.3) is 11.5 Å². The molecule has 25 heavy (non-hydrogen) atoms. The second-order valence-corrected chi connectivity index (χ2v) is 5.65. The van der Waals surface area contributed by atoms with E-state index < -0.39 is 11.5 Å². The van der Waals surface area contributed by atoms with Crippen LogP contribution in [0, 0.1) is 11.3 Å². The van der Waals surface area contributed by atoms with Crippen LogP contribution in [0.25, 0.3) is 0 Å². The smallest absolute Gasteiger partial charge is 0.260 e. The Morgan fingerprint density at radius 3 is 2.84 bits per heavy atom. The largest absolute Gasteiger partial charge is 0.486 e. The van der Waals surface area contributed by atoms with Gasteiger partial charge in [0, 0.05) is 12.8 Å². The molecule has 0 bridgehead atoms. The first-order valence-corrected chi connectivity index (χ1v) is 7.90. The molecule has 1 fully saturated rings. The van der Waals surface area contributed by atoms with Crippen molar-refractivity contribution in [1.82, 2.24) is 10.3 Å². The second-order valence-electron chi connectivity index (χ2n) is 5.65. The van der Waals surface area contributed by atoms with E-state index in [1.165, 1.54) is 12.3 Å². The zero-order chi connectivity index (χ0) is 17.6. The molecule has 1 aliphatic rings. The maximum atomic E-state index is 12.4. The summed E-state index contributed by atoms with van der Waals surface area (Å²) >= 11 is 0. The molecule has 0 saturated carbocycles. The number of ether oxygens (including phenoxy) is 2. The van der Waals surface area contributed by atoms with Crippen LogP contribution in [0.4, 0.5) is 0 Å². The lowest BCUT2D eigenvalue weighted by atomic mass is 10.1. The van der Waals surface area contributed by atoms with Crippen LogP contribution in [0.3, 0.4) is 0 Å². The van der Waals surface area contributed by atoms with Crippen molar-refractivity contribution in [2.45, 2.75) is 18.6 Å². The molecule has 7 heteroatoms. The Bertz CT molecular complexity index is 838. The molecule has 0 spiro atoms. The minimum absolute atomic E-state index is 0.0612. The number of nitriles is 1. The number of hydrogen-bond donors (Lipinski definition) is 2. The monoisotopic (exact) mass is 339 g/mol. The second kappa shape index (κ2) is 7.64. The average molecular weight is 339 g/mol. The van der Waals surface area contributed by atoms with E-state index in [9.17, 15) is 9.59 Å². The molecule has 2 N–H and O–H groups in total. The van der Waals surface area contributed by atoms with Crippen molar-refractivity contribution < 1.29 is 14.3 Å². The maximum absolute atomic E-state index is 12.4. The van der Waals surface area contributed by atoms with E-state index >= 15 is 0 Å². The van der Waals surface area contributed by atoms with Crippen LogP contribution in [0.2, 0.25) is 0 Å². The minimum Gasteiger partial charge on any atom is -0.486 e. The molecule has 0 radical (unpaired) electrons. The molecule has 1 aromatic heterocycles. The van der Waals surface area contributed by atoms with Crippen molar-refractivity contribution in [3.05, 3.63) is 64.1 Å². The molecule has 1 amide bonds. The quantitative estimate of drug-likeness (QED) is 0.871. The molecule has 1 aliphatic heterocycles. The summed E-state index contributed by atoms with van der Waals surface area (Å²) in [6, 6.07) is 11.6. The molecule has 1 saturated heterocycles. The summed E-state index contributed by atoms with van der Waals surface area (Å²) in [5.41, 5.74) is 0.170. The van der Waals surface area contributed by atoms with Gasteiger partial charge in [-0.3, -0.25) is 9.59 Å². The van der Waals surface area contributed by atoms with Gasteiger partial charge in [0.05, 0.1) is 24.3 Å². The number of aromatic amines is 1. The van der Waals surface area contributed by atoms with Gasteiger partial charge in [-0.1, -0.05) is 0 Å². The van der Waals surface area contributed by atoms with Gasteiger partial charge in [0.1, 0.15) is 17.4 Å². The predicted octanol–water partition coefficient (Wildman–Crippen LogP) is 1.21. The van der Waals surface area contributed by atoms with Crippen LogP contribution < -0.4 is 15.6 Å². The Morgan fingerprint density at radius 1 is 1.32 bits per heavy atom. The fourth-order valence-electron chi connectivity index (χ4n) is 2.62. The number of pyridine rings is 1. The number of amides is 1. The Balaban J connectivity index is 1.70. The lowest BCUT2D eigenvalue weighted by Gasteiger charge is -2.32.